The van der Waals surface area contributed by atoms with Crippen LogP contribution in [0.25, 0.3) is 16.6 Å². The fourth-order valence-electron chi connectivity index (χ4n) is 3.33. The molecule has 2 atom stereocenters. The van der Waals surface area contributed by atoms with Crippen LogP contribution in [0.4, 0.5) is 23.5 Å². The average Bonchev–Trinajstić information content (AvgIpc) is 3.23. The van der Waals surface area contributed by atoms with Crippen LogP contribution in [0, 0.1) is 0 Å². The first-order valence-corrected chi connectivity index (χ1v) is 8.05. The maximum atomic E-state index is 13.4. The monoisotopic (exact) mass is 384 g/mol. The van der Waals surface area contributed by atoms with Crippen LogP contribution >= 0.6 is 0 Å². The fraction of sp³-hybridized carbons (Fsp3) is 0.400. The zero-order valence-corrected chi connectivity index (χ0v) is 13.6. The van der Waals surface area contributed by atoms with Gasteiger partial charge in [-0.1, -0.05) is 0 Å². The molecule has 0 saturated carbocycles. The van der Waals surface area contributed by atoms with Crippen LogP contribution in [-0.2, 0) is 6.54 Å². The van der Waals surface area contributed by atoms with Gasteiger partial charge in [0.2, 0.25) is 5.95 Å². The van der Waals surface area contributed by atoms with Crippen molar-refractivity contribution in [3.63, 3.8) is 0 Å². The highest BCUT2D eigenvalue weighted by atomic mass is 19.3. The molecule has 5 rings (SSSR count). The molecule has 27 heavy (non-hydrogen) atoms. The van der Waals surface area contributed by atoms with E-state index in [-0.39, 0.29) is 54.1 Å². The van der Waals surface area contributed by atoms with E-state index < -0.39 is 18.6 Å². The molecule has 0 aliphatic carbocycles. The summed E-state index contributed by atoms with van der Waals surface area (Å²) in [6.45, 7) is 0.00398. The number of likely N-dealkylation sites (tertiary alicyclic amines) is 1. The van der Waals surface area contributed by atoms with Crippen molar-refractivity contribution in [2.45, 2.75) is 25.2 Å². The summed E-state index contributed by atoms with van der Waals surface area (Å²) in [5, 5.41) is 4.58. The number of halogens is 4. The molecule has 12 heteroatoms. The summed E-state index contributed by atoms with van der Waals surface area (Å²) in [4.78, 5) is 9.96. The SMILES string of the molecule is Nc1nc2c3c(ccc2c2nc(CN4C[C@H](F)[C@@H](F)C4)nn12)OC(F)(F)O3. The number of benzene rings is 1. The molecular formula is C15H12F4N6O2. The molecule has 0 amide bonds. The van der Waals surface area contributed by atoms with Gasteiger partial charge in [0, 0.05) is 18.5 Å². The van der Waals surface area contributed by atoms with Crippen LogP contribution in [0.2, 0.25) is 0 Å². The Morgan fingerprint density at radius 3 is 2.63 bits per heavy atom. The van der Waals surface area contributed by atoms with E-state index in [2.05, 4.69) is 24.5 Å². The van der Waals surface area contributed by atoms with Gasteiger partial charge in [-0.2, -0.15) is 4.52 Å². The third-order valence-corrected chi connectivity index (χ3v) is 4.50. The second-order valence-corrected chi connectivity index (χ2v) is 6.42. The smallest absolute Gasteiger partial charge is 0.395 e. The summed E-state index contributed by atoms with van der Waals surface area (Å²) in [6, 6.07) is 2.80. The Hall–Kier alpha value is -2.89. The first-order chi connectivity index (χ1) is 12.8. The Kier molecular flexibility index (Phi) is 3.21. The Morgan fingerprint density at radius 2 is 1.89 bits per heavy atom. The predicted octanol–water partition coefficient (Wildman–Crippen LogP) is 1.67. The minimum absolute atomic E-state index is 0.0566. The summed E-state index contributed by atoms with van der Waals surface area (Å²) in [7, 11) is 0. The highest BCUT2D eigenvalue weighted by molar-refractivity contribution is 5.97. The van der Waals surface area contributed by atoms with Crippen LogP contribution in [0.15, 0.2) is 12.1 Å². The van der Waals surface area contributed by atoms with Crippen molar-refractivity contribution in [2.24, 2.45) is 0 Å². The summed E-state index contributed by atoms with van der Waals surface area (Å²) >= 11 is 0. The Balaban J connectivity index is 1.59. The zero-order chi connectivity index (χ0) is 18.9. The minimum atomic E-state index is -3.79. The first-order valence-electron chi connectivity index (χ1n) is 8.05. The molecule has 2 aliphatic rings. The van der Waals surface area contributed by atoms with Gasteiger partial charge in [0.1, 0.15) is 17.9 Å². The van der Waals surface area contributed by atoms with E-state index >= 15 is 0 Å². The lowest BCUT2D eigenvalue weighted by atomic mass is 10.2. The summed E-state index contributed by atoms with van der Waals surface area (Å²) in [5.74, 6) is -0.225. The van der Waals surface area contributed by atoms with Crippen LogP contribution < -0.4 is 15.2 Å². The van der Waals surface area contributed by atoms with Crippen LogP contribution in [0.5, 0.6) is 11.5 Å². The minimum Gasteiger partial charge on any atom is -0.395 e. The van der Waals surface area contributed by atoms with Gasteiger partial charge in [-0.25, -0.2) is 18.7 Å². The van der Waals surface area contributed by atoms with E-state index in [4.69, 9.17) is 5.73 Å². The number of alkyl halides is 4. The lowest BCUT2D eigenvalue weighted by molar-refractivity contribution is -0.286. The van der Waals surface area contributed by atoms with Crippen LogP contribution in [-0.4, -0.2) is 56.2 Å². The molecule has 0 radical (unpaired) electrons. The van der Waals surface area contributed by atoms with Gasteiger partial charge in [0.15, 0.2) is 23.0 Å². The molecule has 2 aromatic heterocycles. The summed E-state index contributed by atoms with van der Waals surface area (Å²) < 4.78 is 63.6. The second kappa shape index (κ2) is 5.31. The van der Waals surface area contributed by atoms with Gasteiger partial charge >= 0.3 is 6.29 Å². The normalized spacial score (nSPS) is 24.3. The topological polar surface area (TPSA) is 90.8 Å². The first kappa shape index (κ1) is 16.3. The van der Waals surface area contributed by atoms with E-state index in [0.717, 1.165) is 0 Å². The number of nitrogens with two attached hydrogens (primary N) is 1. The quantitative estimate of drug-likeness (QED) is 0.672. The van der Waals surface area contributed by atoms with Crippen molar-refractivity contribution in [1.82, 2.24) is 24.5 Å². The van der Waals surface area contributed by atoms with Crippen LogP contribution in [0.1, 0.15) is 5.82 Å². The number of nitrogens with zero attached hydrogens (tertiary/aromatic N) is 5. The molecule has 8 nitrogen and oxygen atoms in total. The third kappa shape index (κ3) is 2.51. The molecular weight excluding hydrogens is 372 g/mol. The number of hydrogen-bond donors (Lipinski definition) is 1. The predicted molar refractivity (Wildman–Crippen MR) is 84.0 cm³/mol. The molecule has 1 aromatic carbocycles. The number of ether oxygens (including phenoxy) is 2. The van der Waals surface area contributed by atoms with E-state index in [1.165, 1.54) is 16.6 Å². The van der Waals surface area contributed by atoms with Crippen molar-refractivity contribution in [3.05, 3.63) is 18.0 Å². The fourth-order valence-corrected chi connectivity index (χ4v) is 3.33. The molecule has 1 saturated heterocycles. The van der Waals surface area contributed by atoms with E-state index in [9.17, 15) is 17.6 Å². The maximum absolute atomic E-state index is 13.4. The average molecular weight is 384 g/mol. The van der Waals surface area contributed by atoms with Crippen molar-refractivity contribution in [2.75, 3.05) is 18.8 Å². The number of aromatic nitrogens is 4. The molecule has 2 aliphatic heterocycles. The van der Waals surface area contributed by atoms with Crippen LogP contribution in [0.3, 0.4) is 0 Å². The highest BCUT2D eigenvalue weighted by Crippen LogP contribution is 2.45. The molecule has 2 N–H and O–H groups in total. The number of anilines is 1. The molecule has 0 unspecified atom stereocenters. The lowest BCUT2D eigenvalue weighted by Gasteiger charge is -2.10. The van der Waals surface area contributed by atoms with Gasteiger partial charge in [-0.15, -0.1) is 13.9 Å². The second-order valence-electron chi connectivity index (χ2n) is 6.42. The Morgan fingerprint density at radius 1 is 1.15 bits per heavy atom. The van der Waals surface area contributed by atoms with Crippen molar-refractivity contribution in [1.29, 1.82) is 0 Å². The van der Waals surface area contributed by atoms with Gasteiger partial charge < -0.3 is 15.2 Å². The molecule has 0 spiro atoms. The van der Waals surface area contributed by atoms with E-state index in [0.29, 0.717) is 5.39 Å². The highest BCUT2D eigenvalue weighted by Gasteiger charge is 2.45. The molecule has 1 fully saturated rings. The van der Waals surface area contributed by atoms with Crippen molar-refractivity contribution in [3.8, 4) is 11.5 Å². The number of fused-ring (bicyclic) bond motifs is 5. The molecule has 142 valence electrons. The number of rotatable bonds is 2. The van der Waals surface area contributed by atoms with Gasteiger partial charge in [-0.05, 0) is 12.1 Å². The largest absolute Gasteiger partial charge is 0.586 e. The van der Waals surface area contributed by atoms with Crippen molar-refractivity contribution >= 4 is 22.5 Å². The Labute approximate surface area is 148 Å². The Bertz CT molecular complexity index is 1060. The summed E-state index contributed by atoms with van der Waals surface area (Å²) in [6.07, 6.45) is -6.88. The lowest BCUT2D eigenvalue weighted by Crippen LogP contribution is -2.26. The molecule has 3 aromatic rings. The molecule has 0 bridgehead atoms. The van der Waals surface area contributed by atoms with Gasteiger partial charge in [0.25, 0.3) is 0 Å². The zero-order valence-electron chi connectivity index (χ0n) is 13.6. The number of nitrogen functional groups attached to an aromatic ring is 1. The van der Waals surface area contributed by atoms with Gasteiger partial charge in [-0.3, -0.25) is 4.90 Å². The number of hydrogen-bond acceptors (Lipinski definition) is 7. The third-order valence-electron chi connectivity index (χ3n) is 4.50. The van der Waals surface area contributed by atoms with Crippen molar-refractivity contribution < 1.29 is 27.0 Å². The molecule has 4 heterocycles. The summed E-state index contributed by atoms with van der Waals surface area (Å²) in [5.41, 5.74) is 6.20. The van der Waals surface area contributed by atoms with E-state index in [1.54, 1.807) is 4.90 Å². The maximum Gasteiger partial charge on any atom is 0.586 e. The standard InChI is InChI=1S/C15H12F4N6O2/c16-7-3-24(4-8(7)17)5-10-21-13-6-1-2-9-12(27-15(18,19)26-9)11(6)22-14(20)25(13)23-10/h1-2,7-8H,3-5H2,(H2,20,22)/t7-,8-/m0/s1. The van der Waals surface area contributed by atoms with Gasteiger partial charge in [0.05, 0.1) is 6.54 Å². The van der Waals surface area contributed by atoms with E-state index in [1.807, 2.05) is 0 Å².